The second-order valence-corrected chi connectivity index (χ2v) is 5.84. The van der Waals surface area contributed by atoms with Gasteiger partial charge in [0.05, 0.1) is 6.61 Å². The Morgan fingerprint density at radius 1 is 1.44 bits per heavy atom. The number of methoxy groups -OCH3 is 1. The Morgan fingerprint density at radius 2 is 2.28 bits per heavy atom. The lowest BCUT2D eigenvalue weighted by Crippen LogP contribution is -2.15. The van der Waals surface area contributed by atoms with Crippen LogP contribution >= 0.6 is 11.3 Å². The fourth-order valence-electron chi connectivity index (χ4n) is 2.18. The zero-order valence-electron chi connectivity index (χ0n) is 10.3. The van der Waals surface area contributed by atoms with Gasteiger partial charge in [-0.15, -0.1) is 11.3 Å². The van der Waals surface area contributed by atoms with Crippen molar-refractivity contribution < 1.29 is 9.13 Å². The summed E-state index contributed by atoms with van der Waals surface area (Å²) >= 11 is 1.67. The predicted molar refractivity (Wildman–Crippen MR) is 72.4 cm³/mol. The van der Waals surface area contributed by atoms with Crippen molar-refractivity contribution in [3.8, 4) is 0 Å². The molecule has 2 aromatic rings. The van der Waals surface area contributed by atoms with E-state index in [0.29, 0.717) is 12.6 Å². The van der Waals surface area contributed by atoms with Crippen LogP contribution in [0.25, 0.3) is 10.1 Å². The number of nitrogens with one attached hydrogen (secondary N) is 1. The molecule has 3 rings (SSSR count). The molecule has 0 bridgehead atoms. The van der Waals surface area contributed by atoms with E-state index < -0.39 is 0 Å². The molecule has 18 heavy (non-hydrogen) atoms. The summed E-state index contributed by atoms with van der Waals surface area (Å²) in [4.78, 5) is 1.20. The van der Waals surface area contributed by atoms with Gasteiger partial charge in [-0.25, -0.2) is 4.39 Å². The summed E-state index contributed by atoms with van der Waals surface area (Å²) < 4.78 is 20.2. The third-order valence-electron chi connectivity index (χ3n) is 3.26. The molecule has 0 unspecified atom stereocenters. The number of hydrogen-bond donors (Lipinski definition) is 1. The van der Waals surface area contributed by atoms with Gasteiger partial charge in [0, 0.05) is 40.2 Å². The van der Waals surface area contributed by atoms with Crippen molar-refractivity contribution in [1.29, 1.82) is 0 Å². The van der Waals surface area contributed by atoms with E-state index in [1.807, 2.05) is 6.07 Å². The zero-order valence-corrected chi connectivity index (χ0v) is 11.1. The Morgan fingerprint density at radius 3 is 3.00 bits per heavy atom. The van der Waals surface area contributed by atoms with Crippen LogP contribution in [0.1, 0.15) is 23.3 Å². The largest absolute Gasteiger partial charge is 0.380 e. The monoisotopic (exact) mass is 265 g/mol. The molecule has 0 atom stereocenters. The number of fused-ring (bicyclic) bond motifs is 1. The SMILES string of the molecule is COCc1c(CNC2CC2)sc2cccc(F)c12. The van der Waals surface area contributed by atoms with Crippen LogP contribution in [0.5, 0.6) is 0 Å². The highest BCUT2D eigenvalue weighted by atomic mass is 32.1. The molecule has 1 saturated carbocycles. The van der Waals surface area contributed by atoms with E-state index in [1.54, 1.807) is 24.5 Å². The highest BCUT2D eigenvalue weighted by Crippen LogP contribution is 2.34. The van der Waals surface area contributed by atoms with Gasteiger partial charge in [-0.05, 0) is 25.0 Å². The second-order valence-electron chi connectivity index (χ2n) is 4.70. The van der Waals surface area contributed by atoms with E-state index in [4.69, 9.17) is 4.74 Å². The highest BCUT2D eigenvalue weighted by molar-refractivity contribution is 7.19. The van der Waals surface area contributed by atoms with Gasteiger partial charge in [-0.3, -0.25) is 0 Å². The van der Waals surface area contributed by atoms with E-state index >= 15 is 0 Å². The predicted octanol–water partition coefficient (Wildman–Crippen LogP) is 3.44. The van der Waals surface area contributed by atoms with Gasteiger partial charge in [0.15, 0.2) is 0 Å². The number of ether oxygens (including phenoxy) is 1. The van der Waals surface area contributed by atoms with Crippen LogP contribution in [0.15, 0.2) is 18.2 Å². The summed E-state index contributed by atoms with van der Waals surface area (Å²) in [5.41, 5.74) is 1.00. The van der Waals surface area contributed by atoms with Gasteiger partial charge >= 0.3 is 0 Å². The van der Waals surface area contributed by atoms with Crippen molar-refractivity contribution in [3.63, 3.8) is 0 Å². The normalized spacial score (nSPS) is 15.4. The summed E-state index contributed by atoms with van der Waals surface area (Å²) in [6, 6.07) is 5.92. The quantitative estimate of drug-likeness (QED) is 0.894. The Bertz CT molecular complexity index is 562. The molecule has 1 aliphatic rings. The maximum atomic E-state index is 13.9. The van der Waals surface area contributed by atoms with Crippen LogP contribution in [0.4, 0.5) is 4.39 Å². The maximum Gasteiger partial charge on any atom is 0.132 e. The topological polar surface area (TPSA) is 21.3 Å². The highest BCUT2D eigenvalue weighted by Gasteiger charge is 2.22. The summed E-state index contributed by atoms with van der Waals surface area (Å²) in [6.45, 7) is 1.30. The molecule has 96 valence electrons. The number of hydrogen-bond acceptors (Lipinski definition) is 3. The van der Waals surface area contributed by atoms with Gasteiger partial charge in [-0.1, -0.05) is 6.07 Å². The molecule has 1 aromatic heterocycles. The van der Waals surface area contributed by atoms with Crippen molar-refractivity contribution in [1.82, 2.24) is 5.32 Å². The minimum Gasteiger partial charge on any atom is -0.380 e. The maximum absolute atomic E-state index is 13.9. The minimum absolute atomic E-state index is 0.145. The second kappa shape index (κ2) is 4.96. The molecule has 1 N–H and O–H groups in total. The average Bonchev–Trinajstić information content (AvgIpc) is 3.11. The zero-order chi connectivity index (χ0) is 12.5. The van der Waals surface area contributed by atoms with Crippen LogP contribution in [-0.4, -0.2) is 13.2 Å². The molecule has 2 nitrogen and oxygen atoms in total. The van der Waals surface area contributed by atoms with Crippen molar-refractivity contribution in [2.75, 3.05) is 7.11 Å². The molecule has 4 heteroatoms. The molecule has 0 spiro atoms. The lowest BCUT2D eigenvalue weighted by Gasteiger charge is -2.05. The number of thiophene rings is 1. The van der Waals surface area contributed by atoms with E-state index in [0.717, 1.165) is 22.2 Å². The number of benzene rings is 1. The first kappa shape index (κ1) is 12.1. The Kier molecular flexibility index (Phi) is 3.33. The fourth-order valence-corrected chi connectivity index (χ4v) is 3.35. The number of rotatable bonds is 5. The lowest BCUT2D eigenvalue weighted by atomic mass is 10.1. The van der Waals surface area contributed by atoms with Crippen LogP contribution < -0.4 is 5.32 Å². The van der Waals surface area contributed by atoms with Crippen LogP contribution in [0.3, 0.4) is 0 Å². The average molecular weight is 265 g/mol. The van der Waals surface area contributed by atoms with Crippen molar-refractivity contribution >= 4 is 21.4 Å². The van der Waals surface area contributed by atoms with Gasteiger partial charge in [-0.2, -0.15) is 0 Å². The van der Waals surface area contributed by atoms with Gasteiger partial charge in [0.25, 0.3) is 0 Å². The van der Waals surface area contributed by atoms with Crippen LogP contribution in [0, 0.1) is 5.82 Å². The van der Waals surface area contributed by atoms with Gasteiger partial charge in [0.2, 0.25) is 0 Å². The van der Waals surface area contributed by atoms with E-state index in [-0.39, 0.29) is 5.82 Å². The molecule has 1 aromatic carbocycles. The first-order chi connectivity index (χ1) is 8.79. The third kappa shape index (κ3) is 2.28. The standard InChI is InChI=1S/C14H16FNOS/c1-17-8-10-13(7-16-9-5-6-9)18-12-4-2-3-11(15)14(10)12/h2-4,9,16H,5-8H2,1H3. The lowest BCUT2D eigenvalue weighted by molar-refractivity contribution is 0.185. The molecule has 1 aliphatic carbocycles. The number of halogens is 1. The minimum atomic E-state index is -0.145. The molecule has 0 saturated heterocycles. The third-order valence-corrected chi connectivity index (χ3v) is 4.46. The molecule has 0 radical (unpaired) electrons. The Labute approximate surface area is 110 Å². The van der Waals surface area contributed by atoms with Crippen molar-refractivity contribution in [2.45, 2.75) is 32.0 Å². The molecular weight excluding hydrogens is 249 g/mol. The molecule has 0 amide bonds. The smallest absolute Gasteiger partial charge is 0.132 e. The molecule has 0 aliphatic heterocycles. The Balaban J connectivity index is 1.99. The van der Waals surface area contributed by atoms with Crippen molar-refractivity contribution in [3.05, 3.63) is 34.5 Å². The summed E-state index contributed by atoms with van der Waals surface area (Å²) in [7, 11) is 1.66. The summed E-state index contributed by atoms with van der Waals surface area (Å²) in [5, 5.41) is 4.22. The van der Waals surface area contributed by atoms with E-state index in [9.17, 15) is 4.39 Å². The van der Waals surface area contributed by atoms with Crippen LogP contribution in [-0.2, 0) is 17.9 Å². The first-order valence-corrected chi connectivity index (χ1v) is 7.02. The Hall–Kier alpha value is -0.970. The van der Waals surface area contributed by atoms with Crippen molar-refractivity contribution in [2.24, 2.45) is 0 Å². The van der Waals surface area contributed by atoms with Gasteiger partial charge < -0.3 is 10.1 Å². The fraction of sp³-hybridized carbons (Fsp3) is 0.429. The first-order valence-electron chi connectivity index (χ1n) is 6.20. The summed E-state index contributed by atoms with van der Waals surface area (Å²) in [5.74, 6) is -0.145. The molecule has 1 fully saturated rings. The van der Waals surface area contributed by atoms with Crippen LogP contribution in [0.2, 0.25) is 0 Å². The van der Waals surface area contributed by atoms with E-state index in [2.05, 4.69) is 5.32 Å². The van der Waals surface area contributed by atoms with Gasteiger partial charge in [0.1, 0.15) is 5.82 Å². The molecule has 1 heterocycles. The van der Waals surface area contributed by atoms with E-state index in [1.165, 1.54) is 23.8 Å². The molecular formula is C14H16FNOS. The summed E-state index contributed by atoms with van der Waals surface area (Å²) in [6.07, 6.45) is 2.53.